The molecule has 0 amide bonds. The largest absolute Gasteiger partial charge is 0.0878 e. The van der Waals surface area contributed by atoms with Gasteiger partial charge in [0.15, 0.2) is 0 Å². The molecule has 0 aromatic heterocycles. The third-order valence-electron chi connectivity index (χ3n) is 5.03. The molecular weight excluding hydrogens is 216 g/mol. The van der Waals surface area contributed by atoms with Gasteiger partial charge in [-0.05, 0) is 63.2 Å². The summed E-state index contributed by atoms with van der Waals surface area (Å²) in [5.41, 5.74) is 3.34. The van der Waals surface area contributed by atoms with Crippen LogP contribution in [0.3, 0.4) is 0 Å². The SMILES string of the molecule is CC=C1CC2C=CC1C2.CC=C1CC2C=CC1C2. The van der Waals surface area contributed by atoms with Crippen molar-refractivity contribution in [1.29, 1.82) is 0 Å². The molecule has 2 saturated carbocycles. The van der Waals surface area contributed by atoms with E-state index in [1.807, 2.05) is 0 Å². The maximum atomic E-state index is 2.37. The minimum absolute atomic E-state index is 0.833. The van der Waals surface area contributed by atoms with E-state index in [2.05, 4.69) is 50.3 Å². The lowest BCUT2D eigenvalue weighted by molar-refractivity contribution is 0.693. The number of hydrogen-bond donors (Lipinski definition) is 0. The molecule has 2 fully saturated rings. The molecule has 96 valence electrons. The van der Waals surface area contributed by atoms with Crippen LogP contribution in [0.25, 0.3) is 0 Å². The highest BCUT2D eigenvalue weighted by atomic mass is 14.3. The van der Waals surface area contributed by atoms with Crippen LogP contribution in [0.1, 0.15) is 39.5 Å². The molecule has 0 radical (unpaired) electrons. The first-order chi connectivity index (χ1) is 8.80. The average molecular weight is 240 g/mol. The number of hydrogen-bond acceptors (Lipinski definition) is 0. The van der Waals surface area contributed by atoms with Gasteiger partial charge in [0.05, 0.1) is 0 Å². The Labute approximate surface area is 111 Å². The summed E-state index contributed by atoms with van der Waals surface area (Å²) in [5, 5.41) is 0. The van der Waals surface area contributed by atoms with Crippen molar-refractivity contribution < 1.29 is 0 Å². The van der Waals surface area contributed by atoms with E-state index >= 15 is 0 Å². The predicted octanol–water partition coefficient (Wildman–Crippen LogP) is 5.06. The molecule has 4 atom stereocenters. The molecule has 0 heteroatoms. The molecule has 0 saturated heterocycles. The van der Waals surface area contributed by atoms with Crippen LogP contribution in [0.5, 0.6) is 0 Å². The molecule has 4 unspecified atom stereocenters. The predicted molar refractivity (Wildman–Crippen MR) is 78.2 cm³/mol. The Bertz CT molecular complexity index is 391. The van der Waals surface area contributed by atoms with Crippen molar-refractivity contribution in [2.45, 2.75) is 39.5 Å². The van der Waals surface area contributed by atoms with Crippen LogP contribution >= 0.6 is 0 Å². The monoisotopic (exact) mass is 240 g/mol. The highest BCUT2D eigenvalue weighted by Gasteiger charge is 2.30. The summed E-state index contributed by atoms with van der Waals surface area (Å²) in [7, 11) is 0. The highest BCUT2D eigenvalue weighted by Crippen LogP contribution is 2.43. The van der Waals surface area contributed by atoms with E-state index in [1.54, 1.807) is 11.1 Å². The van der Waals surface area contributed by atoms with Gasteiger partial charge in [-0.2, -0.15) is 0 Å². The fraction of sp³-hybridized carbons (Fsp3) is 0.556. The topological polar surface area (TPSA) is 0 Å². The Morgan fingerprint density at radius 1 is 0.778 bits per heavy atom. The first-order valence-electron chi connectivity index (χ1n) is 7.47. The summed E-state index contributed by atoms with van der Waals surface area (Å²) >= 11 is 0. The zero-order valence-electron chi connectivity index (χ0n) is 11.6. The van der Waals surface area contributed by atoms with Gasteiger partial charge in [-0.1, -0.05) is 47.6 Å². The van der Waals surface area contributed by atoms with Crippen LogP contribution in [-0.2, 0) is 0 Å². The molecular formula is C18H24. The number of fused-ring (bicyclic) bond motifs is 4. The summed E-state index contributed by atoms with van der Waals surface area (Å²) in [6.45, 7) is 4.31. The third-order valence-corrected chi connectivity index (χ3v) is 5.03. The van der Waals surface area contributed by atoms with Crippen LogP contribution in [0, 0.1) is 23.7 Å². The molecule has 4 aliphatic carbocycles. The van der Waals surface area contributed by atoms with Gasteiger partial charge >= 0.3 is 0 Å². The second-order valence-corrected chi connectivity index (χ2v) is 6.11. The summed E-state index contributed by atoms with van der Waals surface area (Å²) in [6, 6.07) is 0. The zero-order chi connectivity index (χ0) is 12.5. The van der Waals surface area contributed by atoms with Crippen molar-refractivity contribution in [2.24, 2.45) is 23.7 Å². The standard InChI is InChI=1S/2C9H12/c2*1-2-8-5-7-3-4-9(8)6-7/h2*2-4,7,9H,5-6H2,1H3. The van der Waals surface area contributed by atoms with E-state index < -0.39 is 0 Å². The van der Waals surface area contributed by atoms with Crippen LogP contribution in [0.4, 0.5) is 0 Å². The molecule has 0 spiro atoms. The molecule has 0 heterocycles. The Balaban J connectivity index is 0.000000111. The van der Waals surface area contributed by atoms with Crippen LogP contribution in [-0.4, -0.2) is 0 Å². The Morgan fingerprint density at radius 2 is 1.22 bits per heavy atom. The normalized spacial score (nSPS) is 43.0. The van der Waals surface area contributed by atoms with Gasteiger partial charge in [-0.15, -0.1) is 0 Å². The summed E-state index contributed by atoms with van der Waals surface area (Å²) in [5.74, 6) is 3.47. The number of rotatable bonds is 0. The van der Waals surface area contributed by atoms with E-state index in [9.17, 15) is 0 Å². The van der Waals surface area contributed by atoms with Gasteiger partial charge in [0.25, 0.3) is 0 Å². The molecule has 4 bridgehead atoms. The van der Waals surface area contributed by atoms with Crippen molar-refractivity contribution in [3.8, 4) is 0 Å². The second kappa shape index (κ2) is 4.91. The van der Waals surface area contributed by atoms with Crippen LogP contribution in [0.15, 0.2) is 47.6 Å². The first-order valence-corrected chi connectivity index (χ1v) is 7.47. The fourth-order valence-corrected chi connectivity index (χ4v) is 3.97. The van der Waals surface area contributed by atoms with Crippen LogP contribution < -0.4 is 0 Å². The van der Waals surface area contributed by atoms with Gasteiger partial charge in [0, 0.05) is 0 Å². The lowest BCUT2D eigenvalue weighted by Gasteiger charge is -2.05. The van der Waals surface area contributed by atoms with Gasteiger partial charge < -0.3 is 0 Å². The zero-order valence-corrected chi connectivity index (χ0v) is 11.6. The smallest absolute Gasteiger partial charge is 0.00174 e. The Morgan fingerprint density at radius 3 is 1.39 bits per heavy atom. The molecule has 0 nitrogen and oxygen atoms in total. The van der Waals surface area contributed by atoms with Crippen molar-refractivity contribution in [3.05, 3.63) is 47.6 Å². The van der Waals surface area contributed by atoms with Gasteiger partial charge in [-0.3, -0.25) is 0 Å². The van der Waals surface area contributed by atoms with Crippen molar-refractivity contribution >= 4 is 0 Å². The minimum atomic E-state index is 0.833. The van der Waals surface area contributed by atoms with E-state index in [0.29, 0.717) is 0 Å². The van der Waals surface area contributed by atoms with Crippen LogP contribution in [0.2, 0.25) is 0 Å². The third kappa shape index (κ3) is 2.13. The Kier molecular flexibility index (Phi) is 3.28. The second-order valence-electron chi connectivity index (χ2n) is 6.11. The van der Waals surface area contributed by atoms with Crippen molar-refractivity contribution in [2.75, 3.05) is 0 Å². The Hall–Kier alpha value is -1.04. The van der Waals surface area contributed by atoms with Gasteiger partial charge in [-0.25, -0.2) is 0 Å². The molecule has 0 aliphatic heterocycles. The maximum absolute atomic E-state index is 2.37. The summed E-state index contributed by atoms with van der Waals surface area (Å²) in [4.78, 5) is 0. The fourth-order valence-electron chi connectivity index (χ4n) is 3.97. The number of allylic oxidation sites excluding steroid dienone is 8. The maximum Gasteiger partial charge on any atom is -0.00174 e. The molecule has 4 aliphatic rings. The lowest BCUT2D eigenvalue weighted by atomic mass is 10.0. The molecule has 0 aromatic carbocycles. The van der Waals surface area contributed by atoms with Crippen molar-refractivity contribution in [1.82, 2.24) is 0 Å². The van der Waals surface area contributed by atoms with E-state index in [1.165, 1.54) is 25.7 Å². The van der Waals surface area contributed by atoms with E-state index in [4.69, 9.17) is 0 Å². The molecule has 0 N–H and O–H groups in total. The average Bonchev–Trinajstić information content (AvgIpc) is 3.17. The minimum Gasteiger partial charge on any atom is -0.0878 e. The highest BCUT2D eigenvalue weighted by molar-refractivity contribution is 5.27. The molecule has 0 aromatic rings. The lowest BCUT2D eigenvalue weighted by Crippen LogP contribution is -1.90. The van der Waals surface area contributed by atoms with E-state index in [0.717, 1.165) is 23.7 Å². The van der Waals surface area contributed by atoms with Gasteiger partial charge in [0.2, 0.25) is 0 Å². The van der Waals surface area contributed by atoms with Crippen molar-refractivity contribution in [3.63, 3.8) is 0 Å². The summed E-state index contributed by atoms with van der Waals surface area (Å²) < 4.78 is 0. The van der Waals surface area contributed by atoms with Gasteiger partial charge in [0.1, 0.15) is 0 Å². The quantitative estimate of drug-likeness (QED) is 0.519. The van der Waals surface area contributed by atoms with E-state index in [-0.39, 0.29) is 0 Å². The molecule has 18 heavy (non-hydrogen) atoms. The summed E-state index contributed by atoms with van der Waals surface area (Å²) in [6.07, 6.45) is 19.5. The first kappa shape index (κ1) is 12.0. The molecule has 4 rings (SSSR count).